The molecule has 2 saturated heterocycles. The molecule has 21 heavy (non-hydrogen) atoms. The minimum atomic E-state index is -0.0893. The van der Waals surface area contributed by atoms with Gasteiger partial charge >= 0.3 is 0 Å². The summed E-state index contributed by atoms with van der Waals surface area (Å²) in [4.78, 5) is 25.5. The van der Waals surface area contributed by atoms with E-state index in [9.17, 15) is 4.79 Å². The number of pyridine rings is 2. The number of carbonyl (C=O) groups is 1. The molecule has 5 nitrogen and oxygen atoms in total. The Morgan fingerprint density at radius 3 is 2.86 bits per heavy atom. The van der Waals surface area contributed by atoms with Crippen molar-refractivity contribution in [3.8, 4) is 0 Å². The Morgan fingerprint density at radius 1 is 1.14 bits per heavy atom. The van der Waals surface area contributed by atoms with Gasteiger partial charge in [-0.25, -0.2) is 4.98 Å². The van der Waals surface area contributed by atoms with Gasteiger partial charge in [0.2, 0.25) is 5.91 Å². The summed E-state index contributed by atoms with van der Waals surface area (Å²) in [5.41, 5.74) is 1.04. The molecule has 5 heteroatoms. The number of aromatic nitrogens is 2. The van der Waals surface area contributed by atoms with E-state index in [0.29, 0.717) is 5.82 Å². The Hall–Kier alpha value is -2.27. The van der Waals surface area contributed by atoms with Crippen LogP contribution in [-0.2, 0) is 4.79 Å². The van der Waals surface area contributed by atoms with Crippen LogP contribution in [0.4, 0.5) is 5.82 Å². The molecule has 0 unspecified atom stereocenters. The van der Waals surface area contributed by atoms with Crippen molar-refractivity contribution in [2.75, 3.05) is 11.4 Å². The van der Waals surface area contributed by atoms with Crippen molar-refractivity contribution < 1.29 is 4.79 Å². The average Bonchev–Trinajstić information content (AvgIpc) is 3.11. The van der Waals surface area contributed by atoms with E-state index in [0.717, 1.165) is 24.9 Å². The highest BCUT2D eigenvalue weighted by Crippen LogP contribution is 2.41. The first-order valence-corrected chi connectivity index (χ1v) is 7.26. The highest BCUT2D eigenvalue weighted by Gasteiger charge is 2.49. The predicted molar refractivity (Wildman–Crippen MR) is 78.4 cm³/mol. The monoisotopic (exact) mass is 280 g/mol. The number of amides is 1. The molecule has 0 N–H and O–H groups in total. The summed E-state index contributed by atoms with van der Waals surface area (Å²) in [7, 11) is 0. The van der Waals surface area contributed by atoms with Gasteiger partial charge in [0.15, 0.2) is 0 Å². The molecule has 2 aromatic heterocycles. The summed E-state index contributed by atoms with van der Waals surface area (Å²) >= 11 is 0. The van der Waals surface area contributed by atoms with E-state index >= 15 is 0 Å². The van der Waals surface area contributed by atoms with Gasteiger partial charge in [-0.15, -0.1) is 0 Å². The van der Waals surface area contributed by atoms with Crippen molar-refractivity contribution >= 4 is 11.7 Å². The number of rotatable bonds is 2. The standard InChI is InChI=1S/C16H16N4O/c21-16-13-6-4-10-19(13)15(12-5-3-8-17-11-12)20(16)14-7-1-2-9-18-14/h1-3,5,7-9,11,13,15H,4,6,10H2/t13-,15+/m0/s1. The fourth-order valence-corrected chi connectivity index (χ4v) is 3.38. The van der Waals surface area contributed by atoms with E-state index in [2.05, 4.69) is 14.9 Å². The van der Waals surface area contributed by atoms with E-state index in [-0.39, 0.29) is 18.1 Å². The molecule has 0 aliphatic carbocycles. The van der Waals surface area contributed by atoms with Crippen LogP contribution in [0.15, 0.2) is 48.9 Å². The van der Waals surface area contributed by atoms with Crippen molar-refractivity contribution in [2.24, 2.45) is 0 Å². The maximum absolute atomic E-state index is 12.8. The number of carbonyl (C=O) groups excluding carboxylic acids is 1. The number of hydrogen-bond acceptors (Lipinski definition) is 4. The number of nitrogens with zero attached hydrogens (tertiary/aromatic N) is 4. The molecule has 0 radical (unpaired) electrons. The first-order valence-electron chi connectivity index (χ1n) is 7.26. The van der Waals surface area contributed by atoms with Crippen LogP contribution in [0.2, 0.25) is 0 Å². The summed E-state index contributed by atoms with van der Waals surface area (Å²) in [5.74, 6) is 0.866. The van der Waals surface area contributed by atoms with Crippen molar-refractivity contribution in [1.29, 1.82) is 0 Å². The van der Waals surface area contributed by atoms with Crippen molar-refractivity contribution in [3.63, 3.8) is 0 Å². The van der Waals surface area contributed by atoms with Gasteiger partial charge in [-0.05, 0) is 31.0 Å². The fraction of sp³-hybridized carbons (Fsp3) is 0.312. The number of hydrogen-bond donors (Lipinski definition) is 0. The highest BCUT2D eigenvalue weighted by molar-refractivity contribution is 5.99. The molecular formula is C16H16N4O. The summed E-state index contributed by atoms with van der Waals surface area (Å²) < 4.78 is 0. The van der Waals surface area contributed by atoms with Gasteiger partial charge in [-0.3, -0.25) is 19.6 Å². The van der Waals surface area contributed by atoms with E-state index < -0.39 is 0 Å². The topological polar surface area (TPSA) is 49.3 Å². The van der Waals surface area contributed by atoms with Gasteiger partial charge in [0.1, 0.15) is 12.0 Å². The van der Waals surface area contributed by atoms with Crippen LogP contribution in [-0.4, -0.2) is 33.4 Å². The largest absolute Gasteiger partial charge is 0.274 e. The molecule has 2 aliphatic heterocycles. The lowest BCUT2D eigenvalue weighted by Crippen LogP contribution is -2.32. The van der Waals surface area contributed by atoms with Gasteiger partial charge < -0.3 is 0 Å². The Bertz CT molecular complexity index is 646. The Kier molecular flexibility index (Phi) is 2.93. The van der Waals surface area contributed by atoms with Crippen LogP contribution in [0.5, 0.6) is 0 Å². The van der Waals surface area contributed by atoms with Crippen LogP contribution >= 0.6 is 0 Å². The van der Waals surface area contributed by atoms with Gasteiger partial charge in [0, 0.05) is 30.7 Å². The van der Waals surface area contributed by atoms with Crippen LogP contribution in [0.3, 0.4) is 0 Å². The zero-order chi connectivity index (χ0) is 14.2. The van der Waals surface area contributed by atoms with Crippen LogP contribution < -0.4 is 4.90 Å². The molecular weight excluding hydrogens is 264 g/mol. The first-order chi connectivity index (χ1) is 10.4. The molecule has 0 bridgehead atoms. The van der Waals surface area contributed by atoms with Crippen LogP contribution in [0, 0.1) is 0 Å². The lowest BCUT2D eigenvalue weighted by molar-refractivity contribution is -0.119. The second-order valence-electron chi connectivity index (χ2n) is 5.45. The molecule has 2 atom stereocenters. The molecule has 2 fully saturated rings. The Balaban J connectivity index is 1.81. The van der Waals surface area contributed by atoms with E-state index in [4.69, 9.17) is 0 Å². The third-order valence-electron chi connectivity index (χ3n) is 4.25. The molecule has 0 spiro atoms. The molecule has 1 amide bonds. The molecule has 2 aromatic rings. The smallest absolute Gasteiger partial charge is 0.247 e. The summed E-state index contributed by atoms with van der Waals surface area (Å²) in [5, 5.41) is 0. The SMILES string of the molecule is O=C1[C@@H]2CCCN2[C@@H](c2cccnc2)N1c1ccccn1. The predicted octanol–water partition coefficient (Wildman–Crippen LogP) is 1.99. The van der Waals surface area contributed by atoms with Gasteiger partial charge in [0.25, 0.3) is 0 Å². The van der Waals surface area contributed by atoms with Crippen LogP contribution in [0.25, 0.3) is 0 Å². The summed E-state index contributed by atoms with van der Waals surface area (Å²) in [6.45, 7) is 0.944. The van der Waals surface area contributed by atoms with E-state index in [1.54, 1.807) is 12.4 Å². The molecule has 4 rings (SSSR count). The quantitative estimate of drug-likeness (QED) is 0.844. The molecule has 4 heterocycles. The zero-order valence-electron chi connectivity index (χ0n) is 11.6. The van der Waals surface area contributed by atoms with Crippen molar-refractivity contribution in [1.82, 2.24) is 14.9 Å². The van der Waals surface area contributed by atoms with E-state index in [1.807, 2.05) is 41.4 Å². The third-order valence-corrected chi connectivity index (χ3v) is 4.25. The third kappa shape index (κ3) is 1.93. The van der Waals surface area contributed by atoms with Crippen molar-refractivity contribution in [3.05, 3.63) is 54.5 Å². The normalized spacial score (nSPS) is 25.3. The van der Waals surface area contributed by atoms with Gasteiger partial charge in [0.05, 0.1) is 6.04 Å². The lowest BCUT2D eigenvalue weighted by Gasteiger charge is -2.28. The molecule has 106 valence electrons. The van der Waals surface area contributed by atoms with Crippen molar-refractivity contribution in [2.45, 2.75) is 25.0 Å². The average molecular weight is 280 g/mol. The number of fused-ring (bicyclic) bond motifs is 1. The minimum Gasteiger partial charge on any atom is -0.274 e. The lowest BCUT2D eigenvalue weighted by atomic mass is 10.2. The zero-order valence-corrected chi connectivity index (χ0v) is 11.6. The molecule has 2 aliphatic rings. The first kappa shape index (κ1) is 12.5. The van der Waals surface area contributed by atoms with Gasteiger partial charge in [-0.2, -0.15) is 0 Å². The number of anilines is 1. The summed E-state index contributed by atoms with van der Waals surface area (Å²) in [6, 6.07) is 9.60. The second-order valence-corrected chi connectivity index (χ2v) is 5.45. The molecule has 0 aromatic carbocycles. The summed E-state index contributed by atoms with van der Waals surface area (Å²) in [6.07, 6.45) is 7.24. The maximum atomic E-state index is 12.8. The minimum absolute atomic E-state index is 0.0165. The fourth-order valence-electron chi connectivity index (χ4n) is 3.38. The van der Waals surface area contributed by atoms with E-state index in [1.165, 1.54) is 0 Å². The Morgan fingerprint density at radius 2 is 2.10 bits per heavy atom. The Labute approximate surface area is 123 Å². The van der Waals surface area contributed by atoms with Crippen LogP contribution in [0.1, 0.15) is 24.6 Å². The second kappa shape index (κ2) is 4.93. The van der Waals surface area contributed by atoms with Gasteiger partial charge in [-0.1, -0.05) is 12.1 Å². The molecule has 0 saturated carbocycles. The highest BCUT2D eigenvalue weighted by atomic mass is 16.2. The maximum Gasteiger partial charge on any atom is 0.247 e.